The second-order valence-electron chi connectivity index (χ2n) is 5.02. The van der Waals surface area contributed by atoms with Crippen LogP contribution in [0.25, 0.3) is 0 Å². The lowest BCUT2D eigenvalue weighted by Crippen LogP contribution is -2.46. The van der Waals surface area contributed by atoms with Crippen molar-refractivity contribution in [2.75, 3.05) is 5.32 Å². The van der Waals surface area contributed by atoms with Crippen molar-refractivity contribution in [3.05, 3.63) is 54.1 Å². The van der Waals surface area contributed by atoms with Crippen LogP contribution in [0.3, 0.4) is 0 Å². The molecule has 0 saturated carbocycles. The Morgan fingerprint density at radius 3 is 2.59 bits per heavy atom. The summed E-state index contributed by atoms with van der Waals surface area (Å²) in [6.07, 6.45) is 4.26. The minimum Gasteiger partial charge on any atom is -0.482 e. The molecule has 4 nitrogen and oxygen atoms in total. The highest BCUT2D eigenvalue weighted by molar-refractivity contribution is 5.95. The summed E-state index contributed by atoms with van der Waals surface area (Å²) in [5.74, 6) is 3.48. The molecular formula is C18H15NO3. The molecule has 2 atom stereocenters. The first-order valence-corrected chi connectivity index (χ1v) is 6.97. The number of nitrogens with one attached hydrogen (secondary N) is 1. The standard InChI is InChI=1S/C18H15NO3/c1-3-13-7-6-8-14(11-13)19-18(20)17-12(2)21-15-9-4-5-10-16(15)22-17/h1,4-12,17H,2H3,(H,19,20)/t12-,17+/m0/s1. The van der Waals surface area contributed by atoms with Crippen molar-refractivity contribution in [2.24, 2.45) is 0 Å². The molecule has 0 aromatic heterocycles. The summed E-state index contributed by atoms with van der Waals surface area (Å²) in [7, 11) is 0. The number of para-hydroxylation sites is 2. The van der Waals surface area contributed by atoms with Crippen LogP contribution in [0.5, 0.6) is 11.5 Å². The molecule has 0 aliphatic carbocycles. The van der Waals surface area contributed by atoms with Crippen LogP contribution in [-0.4, -0.2) is 18.1 Å². The van der Waals surface area contributed by atoms with Crippen molar-refractivity contribution in [2.45, 2.75) is 19.1 Å². The minimum atomic E-state index is -0.718. The number of terminal acetylenes is 1. The summed E-state index contributed by atoms with van der Waals surface area (Å²) >= 11 is 0. The molecule has 2 aromatic rings. The van der Waals surface area contributed by atoms with Gasteiger partial charge in [0.05, 0.1) is 0 Å². The van der Waals surface area contributed by atoms with Crippen molar-refractivity contribution in [1.29, 1.82) is 0 Å². The predicted molar refractivity (Wildman–Crippen MR) is 84.0 cm³/mol. The summed E-state index contributed by atoms with van der Waals surface area (Å²) in [6, 6.07) is 14.4. The molecule has 0 spiro atoms. The second kappa shape index (κ2) is 5.82. The maximum atomic E-state index is 12.4. The Balaban J connectivity index is 1.76. The van der Waals surface area contributed by atoms with Crippen molar-refractivity contribution >= 4 is 11.6 Å². The van der Waals surface area contributed by atoms with Gasteiger partial charge in [0.15, 0.2) is 11.5 Å². The SMILES string of the molecule is C#Cc1cccc(NC(=O)[C@@H]2Oc3ccccc3O[C@H]2C)c1. The van der Waals surface area contributed by atoms with Crippen LogP contribution >= 0.6 is 0 Å². The van der Waals surface area contributed by atoms with Gasteiger partial charge in [0, 0.05) is 11.3 Å². The van der Waals surface area contributed by atoms with Crippen LogP contribution in [0.2, 0.25) is 0 Å². The highest BCUT2D eigenvalue weighted by Gasteiger charge is 2.34. The van der Waals surface area contributed by atoms with E-state index in [2.05, 4.69) is 11.2 Å². The normalized spacial score (nSPS) is 19.1. The Morgan fingerprint density at radius 2 is 1.86 bits per heavy atom. The fourth-order valence-corrected chi connectivity index (χ4v) is 2.31. The van der Waals surface area contributed by atoms with Crippen molar-refractivity contribution in [3.8, 4) is 23.8 Å². The van der Waals surface area contributed by atoms with E-state index in [-0.39, 0.29) is 12.0 Å². The highest BCUT2D eigenvalue weighted by atomic mass is 16.6. The number of hydrogen-bond donors (Lipinski definition) is 1. The summed E-state index contributed by atoms with van der Waals surface area (Å²) in [5.41, 5.74) is 1.34. The maximum absolute atomic E-state index is 12.4. The fraction of sp³-hybridized carbons (Fsp3) is 0.167. The lowest BCUT2D eigenvalue weighted by molar-refractivity contribution is -0.128. The largest absolute Gasteiger partial charge is 0.482 e. The molecule has 4 heteroatoms. The molecule has 0 bridgehead atoms. The molecule has 110 valence electrons. The first kappa shape index (κ1) is 14.0. The van der Waals surface area contributed by atoms with Gasteiger partial charge < -0.3 is 14.8 Å². The summed E-state index contributed by atoms with van der Waals surface area (Å²) < 4.78 is 11.5. The monoisotopic (exact) mass is 293 g/mol. The number of amides is 1. The molecular weight excluding hydrogens is 278 g/mol. The molecule has 0 fully saturated rings. The lowest BCUT2D eigenvalue weighted by atomic mass is 10.1. The molecule has 1 aliphatic heterocycles. The Morgan fingerprint density at radius 1 is 1.14 bits per heavy atom. The Bertz CT molecular complexity index is 748. The Kier molecular flexibility index (Phi) is 3.71. The number of anilines is 1. The molecule has 1 heterocycles. The van der Waals surface area contributed by atoms with Gasteiger partial charge in [-0.3, -0.25) is 4.79 Å². The third kappa shape index (κ3) is 2.75. The second-order valence-corrected chi connectivity index (χ2v) is 5.02. The Hall–Kier alpha value is -2.93. The lowest BCUT2D eigenvalue weighted by Gasteiger charge is -2.31. The minimum absolute atomic E-state index is 0.267. The number of carbonyl (C=O) groups is 1. The topological polar surface area (TPSA) is 47.6 Å². The first-order chi connectivity index (χ1) is 10.7. The van der Waals surface area contributed by atoms with Gasteiger partial charge in [0.1, 0.15) is 6.10 Å². The number of hydrogen-bond acceptors (Lipinski definition) is 3. The summed E-state index contributed by atoms with van der Waals surface area (Å²) in [5, 5.41) is 2.81. The quantitative estimate of drug-likeness (QED) is 0.866. The van der Waals surface area contributed by atoms with Crippen LogP contribution in [0.4, 0.5) is 5.69 Å². The average molecular weight is 293 g/mol. The molecule has 2 aromatic carbocycles. The molecule has 1 N–H and O–H groups in total. The van der Waals surface area contributed by atoms with E-state index in [1.165, 1.54) is 0 Å². The average Bonchev–Trinajstić information content (AvgIpc) is 2.54. The van der Waals surface area contributed by atoms with E-state index in [1.54, 1.807) is 37.3 Å². The first-order valence-electron chi connectivity index (χ1n) is 6.97. The fourth-order valence-electron chi connectivity index (χ4n) is 2.31. The van der Waals surface area contributed by atoms with Crippen molar-refractivity contribution in [1.82, 2.24) is 0 Å². The molecule has 0 unspecified atom stereocenters. The van der Waals surface area contributed by atoms with Crippen LogP contribution in [0.15, 0.2) is 48.5 Å². The van der Waals surface area contributed by atoms with Crippen molar-refractivity contribution < 1.29 is 14.3 Å². The van der Waals surface area contributed by atoms with Crippen LogP contribution in [0.1, 0.15) is 12.5 Å². The van der Waals surface area contributed by atoms with Gasteiger partial charge in [0.25, 0.3) is 5.91 Å². The zero-order chi connectivity index (χ0) is 15.5. The van der Waals surface area contributed by atoms with Gasteiger partial charge in [-0.05, 0) is 37.3 Å². The van der Waals surface area contributed by atoms with E-state index >= 15 is 0 Å². The van der Waals surface area contributed by atoms with Crippen molar-refractivity contribution in [3.63, 3.8) is 0 Å². The molecule has 1 aliphatic rings. The van der Waals surface area contributed by atoms with Gasteiger partial charge in [-0.2, -0.15) is 0 Å². The summed E-state index contributed by atoms with van der Waals surface area (Å²) in [4.78, 5) is 12.4. The third-order valence-electron chi connectivity index (χ3n) is 3.40. The highest BCUT2D eigenvalue weighted by Crippen LogP contribution is 2.33. The molecule has 1 amide bonds. The van der Waals surface area contributed by atoms with Gasteiger partial charge in [0.2, 0.25) is 6.10 Å². The maximum Gasteiger partial charge on any atom is 0.269 e. The van der Waals surface area contributed by atoms with Gasteiger partial charge in [-0.1, -0.05) is 24.1 Å². The number of fused-ring (bicyclic) bond motifs is 1. The molecule has 3 rings (SSSR count). The number of ether oxygens (including phenoxy) is 2. The van der Waals surface area contributed by atoms with E-state index in [4.69, 9.17) is 15.9 Å². The third-order valence-corrected chi connectivity index (χ3v) is 3.40. The predicted octanol–water partition coefficient (Wildman–Crippen LogP) is 2.83. The van der Waals surface area contributed by atoms with Gasteiger partial charge in [-0.15, -0.1) is 6.42 Å². The molecule has 22 heavy (non-hydrogen) atoms. The van der Waals surface area contributed by atoms with Gasteiger partial charge >= 0.3 is 0 Å². The van der Waals surface area contributed by atoms with E-state index in [1.807, 2.05) is 18.2 Å². The zero-order valence-electron chi connectivity index (χ0n) is 12.1. The van der Waals surface area contributed by atoms with Crippen LogP contribution in [0, 0.1) is 12.3 Å². The molecule has 0 radical (unpaired) electrons. The van der Waals surface area contributed by atoms with E-state index in [0.29, 0.717) is 22.7 Å². The Labute approximate surface area is 129 Å². The van der Waals surface area contributed by atoms with E-state index in [0.717, 1.165) is 0 Å². The number of rotatable bonds is 2. The molecule has 0 saturated heterocycles. The zero-order valence-corrected chi connectivity index (χ0v) is 12.1. The van der Waals surface area contributed by atoms with Crippen LogP contribution in [-0.2, 0) is 4.79 Å². The van der Waals surface area contributed by atoms with E-state index in [9.17, 15) is 4.79 Å². The summed E-state index contributed by atoms with van der Waals surface area (Å²) in [6.45, 7) is 1.80. The smallest absolute Gasteiger partial charge is 0.269 e. The van der Waals surface area contributed by atoms with E-state index < -0.39 is 6.10 Å². The van der Waals surface area contributed by atoms with Gasteiger partial charge in [-0.25, -0.2) is 0 Å². The number of benzene rings is 2. The number of carbonyl (C=O) groups excluding carboxylic acids is 1. The van der Waals surface area contributed by atoms with Crippen LogP contribution < -0.4 is 14.8 Å².